The van der Waals surface area contributed by atoms with E-state index in [0.29, 0.717) is 5.56 Å². The topological polar surface area (TPSA) is 192 Å². The highest BCUT2D eigenvalue weighted by molar-refractivity contribution is 7.98. The van der Waals surface area contributed by atoms with Gasteiger partial charge in [-0.2, -0.15) is 15.2 Å². The van der Waals surface area contributed by atoms with Crippen LogP contribution >= 0.6 is 11.8 Å². The van der Waals surface area contributed by atoms with Crippen molar-refractivity contribution in [3.05, 3.63) is 79.9 Å². The normalized spacial score (nSPS) is 11.2. The van der Waals surface area contributed by atoms with Gasteiger partial charge in [-0.1, -0.05) is 42.1 Å². The molecule has 0 bridgehead atoms. The number of carboxylic acid groups (broad SMARTS) is 1. The van der Waals surface area contributed by atoms with Gasteiger partial charge in [0, 0.05) is 18.6 Å². The molecule has 35 heavy (non-hydrogen) atoms. The summed E-state index contributed by atoms with van der Waals surface area (Å²) in [6, 6.07) is 13.5. The number of carboxylic acids is 1. The highest BCUT2D eigenvalue weighted by Gasteiger charge is 2.33. The fourth-order valence-electron chi connectivity index (χ4n) is 2.86. The van der Waals surface area contributed by atoms with Crippen LogP contribution in [0.1, 0.15) is 11.1 Å². The molecule has 1 heterocycles. The van der Waals surface area contributed by atoms with Gasteiger partial charge in [-0.3, -0.25) is 20.2 Å². The average molecular weight is 497 g/mol. The number of ether oxygens (including phenoxy) is 2. The van der Waals surface area contributed by atoms with Crippen LogP contribution in [-0.4, -0.2) is 43.3 Å². The number of nitrogens with zero attached hydrogens (tertiary/aromatic N) is 5. The number of hydrogen-bond acceptors (Lipinski definition) is 11. The van der Waals surface area contributed by atoms with Crippen molar-refractivity contribution in [1.82, 2.24) is 9.97 Å². The quantitative estimate of drug-likeness (QED) is 0.185. The molecule has 13 nitrogen and oxygen atoms in total. The zero-order valence-electron chi connectivity index (χ0n) is 17.9. The van der Waals surface area contributed by atoms with Crippen molar-refractivity contribution in [2.75, 3.05) is 6.26 Å². The van der Waals surface area contributed by atoms with Gasteiger partial charge in [0.1, 0.15) is 0 Å². The minimum Gasteiger partial charge on any atom is -0.478 e. The van der Waals surface area contributed by atoms with E-state index in [4.69, 9.17) is 14.7 Å². The molecule has 3 rings (SSSR count). The second-order valence-electron chi connectivity index (χ2n) is 6.71. The van der Waals surface area contributed by atoms with Crippen molar-refractivity contribution >= 4 is 29.1 Å². The monoisotopic (exact) mass is 497 g/mol. The number of aliphatic carboxylic acids is 1. The Morgan fingerprint density at radius 1 is 1.14 bits per heavy atom. The third kappa shape index (κ3) is 5.97. The molecule has 1 unspecified atom stereocenters. The van der Waals surface area contributed by atoms with Gasteiger partial charge in [0.05, 0.1) is 21.5 Å². The number of nitro benzene ring substituents is 1. The van der Waals surface area contributed by atoms with Crippen LogP contribution in [-0.2, 0) is 11.2 Å². The molecule has 0 saturated heterocycles. The molecule has 178 valence electrons. The molecule has 0 spiro atoms. The van der Waals surface area contributed by atoms with E-state index in [1.165, 1.54) is 6.07 Å². The minimum atomic E-state index is -1.55. The summed E-state index contributed by atoms with van der Waals surface area (Å²) in [6.07, 6.45) is -0.131. The van der Waals surface area contributed by atoms with Crippen molar-refractivity contribution in [3.63, 3.8) is 0 Å². The second kappa shape index (κ2) is 10.9. The number of rotatable bonds is 10. The van der Waals surface area contributed by atoms with Crippen LogP contribution in [0.25, 0.3) is 0 Å². The van der Waals surface area contributed by atoms with E-state index >= 15 is 0 Å². The molecule has 0 aliphatic carbocycles. The molecule has 14 heteroatoms. The van der Waals surface area contributed by atoms with Gasteiger partial charge in [0.15, 0.2) is 5.16 Å². The number of thioether (sulfide) groups is 1. The Balaban J connectivity index is 2.09. The average Bonchev–Trinajstić information content (AvgIpc) is 2.83. The number of carbonyl (C=O) groups is 1. The third-order valence-electron chi connectivity index (χ3n) is 4.45. The maximum atomic E-state index is 11.9. The Kier molecular flexibility index (Phi) is 7.74. The zero-order valence-corrected chi connectivity index (χ0v) is 18.7. The summed E-state index contributed by atoms with van der Waals surface area (Å²) in [4.78, 5) is 41.2. The fourth-order valence-corrected chi connectivity index (χ4v) is 3.21. The molecular formula is C21H15N5O8S. The highest BCUT2D eigenvalue weighted by Crippen LogP contribution is 2.41. The maximum Gasteiger partial charge on any atom is 0.392 e. The van der Waals surface area contributed by atoms with Crippen LogP contribution in [0.4, 0.5) is 11.4 Å². The van der Waals surface area contributed by atoms with Crippen LogP contribution < -0.4 is 9.47 Å². The SMILES string of the molecule is CSc1nc(Oc2cc(C#N)ccc2[N+](=O)[O-])c([N+](=O)[O-])c(OC(Cc2ccccc2)C(=O)O)n1. The summed E-state index contributed by atoms with van der Waals surface area (Å²) in [5, 5.41) is 42.0. The van der Waals surface area contributed by atoms with Gasteiger partial charge >= 0.3 is 29.1 Å². The molecule has 0 aliphatic rings. The Morgan fingerprint density at radius 2 is 1.83 bits per heavy atom. The van der Waals surface area contributed by atoms with Gasteiger partial charge in [-0.15, -0.1) is 0 Å². The number of nitro groups is 2. The van der Waals surface area contributed by atoms with E-state index in [2.05, 4.69) is 9.97 Å². The molecule has 0 amide bonds. The van der Waals surface area contributed by atoms with Crippen molar-refractivity contribution in [1.29, 1.82) is 5.26 Å². The summed E-state index contributed by atoms with van der Waals surface area (Å²) >= 11 is 0.947. The minimum absolute atomic E-state index is 0.00215. The van der Waals surface area contributed by atoms with Crippen molar-refractivity contribution < 1.29 is 29.2 Å². The molecule has 1 atom stereocenters. The number of benzene rings is 2. The Bertz CT molecular complexity index is 1330. The molecule has 1 N–H and O–H groups in total. The van der Waals surface area contributed by atoms with Gasteiger partial charge in [-0.05, 0) is 17.9 Å². The summed E-state index contributed by atoms with van der Waals surface area (Å²) in [6.45, 7) is 0. The molecule has 3 aromatic rings. The van der Waals surface area contributed by atoms with Crippen LogP contribution in [0.3, 0.4) is 0 Å². The summed E-state index contributed by atoms with van der Waals surface area (Å²) in [5.41, 5.74) is -0.906. The van der Waals surface area contributed by atoms with E-state index in [1.54, 1.807) is 42.7 Å². The first-order chi connectivity index (χ1) is 16.7. The standard InChI is InChI=1S/C21H15N5O8S/c1-35-21-23-18(33-15-10-13(11-22)7-8-14(15)25(29)30)17(26(31)32)19(24-21)34-16(20(27)28)9-12-5-3-2-4-6-12/h2-8,10,16H,9H2,1H3,(H,27,28). The Hall–Kier alpha value is -4.77. The smallest absolute Gasteiger partial charge is 0.392 e. The summed E-state index contributed by atoms with van der Waals surface area (Å²) in [5.74, 6) is -3.28. The van der Waals surface area contributed by atoms with Crippen molar-refractivity contribution in [2.45, 2.75) is 17.7 Å². The predicted octanol–water partition coefficient (Wildman–Crippen LogP) is 3.75. The van der Waals surface area contributed by atoms with Crippen molar-refractivity contribution in [3.8, 4) is 23.6 Å². The lowest BCUT2D eigenvalue weighted by Crippen LogP contribution is -2.30. The van der Waals surface area contributed by atoms with E-state index in [-0.39, 0.29) is 17.1 Å². The number of aromatic nitrogens is 2. The zero-order chi connectivity index (χ0) is 25.5. The van der Waals surface area contributed by atoms with Crippen LogP contribution in [0.2, 0.25) is 0 Å². The number of hydrogen-bond donors (Lipinski definition) is 1. The molecular weight excluding hydrogens is 482 g/mol. The maximum absolute atomic E-state index is 11.9. The Labute approximate surface area is 201 Å². The van der Waals surface area contributed by atoms with E-state index in [9.17, 15) is 30.1 Å². The second-order valence-corrected chi connectivity index (χ2v) is 7.49. The van der Waals surface area contributed by atoms with Gasteiger partial charge in [0.2, 0.25) is 11.9 Å². The van der Waals surface area contributed by atoms with E-state index < -0.39 is 50.8 Å². The van der Waals surface area contributed by atoms with E-state index in [1.807, 2.05) is 0 Å². The highest BCUT2D eigenvalue weighted by atomic mass is 32.2. The molecule has 0 fully saturated rings. The Morgan fingerprint density at radius 3 is 2.40 bits per heavy atom. The lowest BCUT2D eigenvalue weighted by Gasteiger charge is -2.16. The number of nitriles is 1. The lowest BCUT2D eigenvalue weighted by atomic mass is 10.1. The molecule has 0 saturated carbocycles. The first kappa shape index (κ1) is 24.9. The lowest BCUT2D eigenvalue weighted by molar-refractivity contribution is -0.388. The van der Waals surface area contributed by atoms with Gasteiger partial charge in [0.25, 0.3) is 0 Å². The van der Waals surface area contributed by atoms with Crippen molar-refractivity contribution in [2.24, 2.45) is 0 Å². The molecule has 2 aromatic carbocycles. The molecule has 1 aromatic heterocycles. The largest absolute Gasteiger partial charge is 0.478 e. The van der Waals surface area contributed by atoms with E-state index in [0.717, 1.165) is 23.9 Å². The summed E-state index contributed by atoms with van der Waals surface area (Å²) < 4.78 is 10.9. The molecule has 0 radical (unpaired) electrons. The fraction of sp³-hybridized carbons (Fsp3) is 0.143. The third-order valence-corrected chi connectivity index (χ3v) is 5.00. The van der Waals surface area contributed by atoms with Gasteiger partial charge < -0.3 is 14.6 Å². The summed E-state index contributed by atoms with van der Waals surface area (Å²) in [7, 11) is 0. The first-order valence-electron chi connectivity index (χ1n) is 9.63. The van der Waals surface area contributed by atoms with Crippen LogP contribution in [0.5, 0.6) is 17.5 Å². The predicted molar refractivity (Wildman–Crippen MR) is 121 cm³/mol. The van der Waals surface area contributed by atoms with Crippen LogP contribution in [0, 0.1) is 31.6 Å². The van der Waals surface area contributed by atoms with Crippen LogP contribution in [0.15, 0.2) is 53.7 Å². The molecule has 0 aliphatic heterocycles. The van der Waals surface area contributed by atoms with Gasteiger partial charge in [-0.25, -0.2) is 4.79 Å². The first-order valence-corrected chi connectivity index (χ1v) is 10.9.